The van der Waals surface area contributed by atoms with E-state index in [9.17, 15) is 9.50 Å². The van der Waals surface area contributed by atoms with Crippen LogP contribution in [0.1, 0.15) is 31.2 Å². The second kappa shape index (κ2) is 6.90. The molecule has 7 heteroatoms. The molecule has 0 aliphatic carbocycles. The summed E-state index contributed by atoms with van der Waals surface area (Å²) in [5, 5.41) is 15.0. The van der Waals surface area contributed by atoms with E-state index in [1.54, 1.807) is 50.4 Å². The van der Waals surface area contributed by atoms with E-state index in [4.69, 9.17) is 4.74 Å². The molecule has 2 heterocycles. The van der Waals surface area contributed by atoms with Gasteiger partial charge in [0.25, 0.3) is 0 Å². The van der Waals surface area contributed by atoms with Gasteiger partial charge in [0.15, 0.2) is 0 Å². The van der Waals surface area contributed by atoms with Crippen LogP contribution in [-0.4, -0.2) is 27.2 Å². The maximum atomic E-state index is 14.3. The molecule has 2 aromatic heterocycles. The van der Waals surface area contributed by atoms with Crippen molar-refractivity contribution in [3.63, 3.8) is 0 Å². The standard InChI is InChI=1S/C19H22FN3O2S/c1-12-9-13-10-21-17(23-16(13)26-12)22-11-19(24,25-18(2,3)4)14-7-5-6-8-15(14)20/h5-10,24H,11H2,1-4H3,(H,21,22,23)/t19-/m0/s1. The van der Waals surface area contributed by atoms with Gasteiger partial charge < -0.3 is 15.2 Å². The number of halogens is 1. The van der Waals surface area contributed by atoms with Crippen molar-refractivity contribution in [2.45, 2.75) is 39.1 Å². The summed E-state index contributed by atoms with van der Waals surface area (Å²) in [6.45, 7) is 7.32. The molecular weight excluding hydrogens is 353 g/mol. The van der Waals surface area contributed by atoms with Crippen molar-refractivity contribution in [1.29, 1.82) is 0 Å². The predicted octanol–water partition coefficient (Wildman–Crippen LogP) is 4.21. The van der Waals surface area contributed by atoms with Crippen LogP contribution in [0, 0.1) is 12.7 Å². The molecule has 0 aliphatic rings. The van der Waals surface area contributed by atoms with Crippen LogP contribution >= 0.6 is 11.3 Å². The summed E-state index contributed by atoms with van der Waals surface area (Å²) in [6, 6.07) is 8.05. The van der Waals surface area contributed by atoms with Gasteiger partial charge in [0, 0.05) is 22.0 Å². The highest BCUT2D eigenvalue weighted by Crippen LogP contribution is 2.31. The predicted molar refractivity (Wildman–Crippen MR) is 102 cm³/mol. The lowest BCUT2D eigenvalue weighted by molar-refractivity contribution is -0.254. The van der Waals surface area contributed by atoms with E-state index in [-0.39, 0.29) is 12.1 Å². The van der Waals surface area contributed by atoms with E-state index in [2.05, 4.69) is 15.3 Å². The smallest absolute Gasteiger partial charge is 0.224 e. The van der Waals surface area contributed by atoms with Crippen LogP contribution in [0.15, 0.2) is 36.5 Å². The number of benzene rings is 1. The molecule has 26 heavy (non-hydrogen) atoms. The molecule has 0 bridgehead atoms. The number of rotatable bonds is 5. The first-order valence-electron chi connectivity index (χ1n) is 8.31. The van der Waals surface area contributed by atoms with E-state index < -0.39 is 17.2 Å². The Labute approximate surface area is 155 Å². The van der Waals surface area contributed by atoms with E-state index >= 15 is 0 Å². The molecule has 0 aliphatic heterocycles. The third-order valence-electron chi connectivity index (χ3n) is 3.65. The minimum Gasteiger partial charge on any atom is -0.360 e. The second-order valence-electron chi connectivity index (χ2n) is 7.14. The molecule has 0 saturated heterocycles. The van der Waals surface area contributed by atoms with E-state index in [0.29, 0.717) is 5.95 Å². The second-order valence-corrected chi connectivity index (χ2v) is 8.38. The molecule has 1 atom stereocenters. The molecule has 138 valence electrons. The number of ether oxygens (including phenoxy) is 1. The van der Waals surface area contributed by atoms with Gasteiger partial charge in [-0.05, 0) is 39.8 Å². The first kappa shape index (κ1) is 18.7. The van der Waals surface area contributed by atoms with Crippen molar-refractivity contribution in [1.82, 2.24) is 9.97 Å². The van der Waals surface area contributed by atoms with Crippen molar-refractivity contribution < 1.29 is 14.2 Å². The number of hydrogen-bond donors (Lipinski definition) is 2. The highest BCUT2D eigenvalue weighted by Gasteiger charge is 2.37. The average Bonchev–Trinajstić information content (AvgIpc) is 2.91. The van der Waals surface area contributed by atoms with Gasteiger partial charge in [-0.15, -0.1) is 11.3 Å². The number of aliphatic hydroxyl groups is 1. The van der Waals surface area contributed by atoms with Crippen LogP contribution in [0.2, 0.25) is 0 Å². The van der Waals surface area contributed by atoms with Gasteiger partial charge in [-0.3, -0.25) is 0 Å². The van der Waals surface area contributed by atoms with Crippen molar-refractivity contribution in [3.05, 3.63) is 52.8 Å². The van der Waals surface area contributed by atoms with E-state index in [1.807, 2.05) is 13.0 Å². The Hall–Kier alpha value is -2.09. The van der Waals surface area contributed by atoms with Crippen LogP contribution in [0.25, 0.3) is 10.2 Å². The zero-order valence-corrected chi connectivity index (χ0v) is 16.0. The molecule has 0 spiro atoms. The number of nitrogens with zero attached hydrogens (tertiary/aromatic N) is 2. The summed E-state index contributed by atoms with van der Waals surface area (Å²) >= 11 is 1.56. The molecule has 0 fully saturated rings. The van der Waals surface area contributed by atoms with Crippen molar-refractivity contribution >= 4 is 27.5 Å². The van der Waals surface area contributed by atoms with Gasteiger partial charge in [-0.2, -0.15) is 0 Å². The Balaban J connectivity index is 1.88. The van der Waals surface area contributed by atoms with Crippen molar-refractivity contribution in [2.75, 3.05) is 11.9 Å². The Morgan fingerprint density at radius 3 is 2.69 bits per heavy atom. The maximum absolute atomic E-state index is 14.3. The molecule has 5 nitrogen and oxygen atoms in total. The van der Waals surface area contributed by atoms with Crippen LogP contribution in [-0.2, 0) is 10.5 Å². The van der Waals surface area contributed by atoms with Crippen LogP contribution in [0.3, 0.4) is 0 Å². The molecular formula is C19H22FN3O2S. The van der Waals surface area contributed by atoms with E-state index in [0.717, 1.165) is 15.1 Å². The Morgan fingerprint density at radius 2 is 2.00 bits per heavy atom. The Kier molecular flexibility index (Phi) is 4.96. The van der Waals surface area contributed by atoms with Gasteiger partial charge in [0.05, 0.1) is 12.1 Å². The third kappa shape index (κ3) is 4.17. The lowest BCUT2D eigenvalue weighted by Gasteiger charge is -2.35. The minimum atomic E-state index is -1.87. The SMILES string of the molecule is Cc1cc2cnc(NC[C@](O)(OC(C)(C)C)c3ccccc3F)nc2s1. The monoisotopic (exact) mass is 375 g/mol. The lowest BCUT2D eigenvalue weighted by atomic mass is 10.0. The molecule has 2 N–H and O–H groups in total. The van der Waals surface area contributed by atoms with Crippen LogP contribution in [0.4, 0.5) is 10.3 Å². The van der Waals surface area contributed by atoms with Gasteiger partial charge >= 0.3 is 0 Å². The summed E-state index contributed by atoms with van der Waals surface area (Å²) in [4.78, 5) is 10.7. The topological polar surface area (TPSA) is 67.3 Å². The number of aromatic nitrogens is 2. The highest BCUT2D eigenvalue weighted by atomic mass is 32.1. The number of thiophene rings is 1. The molecule has 0 unspecified atom stereocenters. The van der Waals surface area contributed by atoms with E-state index in [1.165, 1.54) is 12.1 Å². The van der Waals surface area contributed by atoms with Crippen LogP contribution in [0.5, 0.6) is 0 Å². The average molecular weight is 375 g/mol. The van der Waals surface area contributed by atoms with Gasteiger partial charge in [0.2, 0.25) is 11.7 Å². The summed E-state index contributed by atoms with van der Waals surface area (Å²) < 4.78 is 20.1. The number of hydrogen-bond acceptors (Lipinski definition) is 6. The van der Waals surface area contributed by atoms with Crippen LogP contribution < -0.4 is 5.32 Å². The lowest BCUT2D eigenvalue weighted by Crippen LogP contribution is -2.43. The normalized spacial score (nSPS) is 14.4. The van der Waals surface area contributed by atoms with Gasteiger partial charge in [-0.25, -0.2) is 14.4 Å². The largest absolute Gasteiger partial charge is 0.360 e. The summed E-state index contributed by atoms with van der Waals surface area (Å²) in [5.74, 6) is -2.05. The fourth-order valence-corrected chi connectivity index (χ4v) is 3.56. The number of anilines is 1. The number of fused-ring (bicyclic) bond motifs is 1. The summed E-state index contributed by atoms with van der Waals surface area (Å²) in [5.41, 5.74) is -0.621. The summed E-state index contributed by atoms with van der Waals surface area (Å²) in [6.07, 6.45) is 1.72. The number of aryl methyl sites for hydroxylation is 1. The molecule has 3 rings (SSSR count). The highest BCUT2D eigenvalue weighted by molar-refractivity contribution is 7.18. The summed E-state index contributed by atoms with van der Waals surface area (Å²) in [7, 11) is 0. The van der Waals surface area contributed by atoms with Crippen molar-refractivity contribution in [3.8, 4) is 0 Å². The molecule has 0 amide bonds. The van der Waals surface area contributed by atoms with Gasteiger partial charge in [-0.1, -0.05) is 18.2 Å². The maximum Gasteiger partial charge on any atom is 0.224 e. The van der Waals surface area contributed by atoms with Gasteiger partial charge in [0.1, 0.15) is 10.6 Å². The first-order chi connectivity index (χ1) is 12.2. The Bertz CT molecular complexity index is 923. The fourth-order valence-electron chi connectivity index (χ4n) is 2.71. The first-order valence-corrected chi connectivity index (χ1v) is 9.13. The fraction of sp³-hybridized carbons (Fsp3) is 0.368. The quantitative estimate of drug-likeness (QED) is 0.654. The molecule has 3 aromatic rings. The third-order valence-corrected chi connectivity index (χ3v) is 4.61. The zero-order chi connectivity index (χ0) is 18.9. The molecule has 0 radical (unpaired) electrons. The molecule has 0 saturated carbocycles. The minimum absolute atomic E-state index is 0.0653. The Morgan fingerprint density at radius 1 is 1.27 bits per heavy atom. The molecule has 1 aromatic carbocycles. The van der Waals surface area contributed by atoms with Crippen molar-refractivity contribution in [2.24, 2.45) is 0 Å². The number of nitrogens with one attached hydrogen (secondary N) is 1. The zero-order valence-electron chi connectivity index (χ0n) is 15.2.